The van der Waals surface area contributed by atoms with Gasteiger partial charge in [0.15, 0.2) is 0 Å². The van der Waals surface area contributed by atoms with Gasteiger partial charge < -0.3 is 11.1 Å². The minimum absolute atomic E-state index is 0.00129. The number of nitrogen functional groups attached to an aromatic ring is 1. The van der Waals surface area contributed by atoms with Gasteiger partial charge in [0.25, 0.3) is 0 Å². The fourth-order valence-corrected chi connectivity index (χ4v) is 3.52. The lowest BCUT2D eigenvalue weighted by atomic mass is 9.93. The number of nitrogens with two attached hydrogens (primary N) is 1. The molecule has 0 fully saturated rings. The molecule has 3 N–H and O–H groups in total. The number of hydrogen-bond donors (Lipinski definition) is 2. The molecule has 0 spiro atoms. The summed E-state index contributed by atoms with van der Waals surface area (Å²) in [6.07, 6.45) is 0.762. The molecule has 5 nitrogen and oxygen atoms in total. The van der Waals surface area contributed by atoms with E-state index in [2.05, 4.69) is 43.5 Å². The van der Waals surface area contributed by atoms with Crippen molar-refractivity contribution in [2.45, 2.75) is 18.5 Å². The molecule has 3 aromatic rings. The molecule has 24 heavy (non-hydrogen) atoms. The monoisotopic (exact) mass is 387 g/mol. The first kappa shape index (κ1) is 15.1. The molecule has 0 saturated heterocycles. The van der Waals surface area contributed by atoms with Gasteiger partial charge in [-0.05, 0) is 41.8 Å². The molecule has 1 aliphatic heterocycles. The van der Waals surface area contributed by atoms with Crippen molar-refractivity contribution in [3.05, 3.63) is 69.9 Å². The third-order valence-electron chi connectivity index (χ3n) is 4.21. The van der Waals surface area contributed by atoms with Gasteiger partial charge in [-0.15, -0.1) is 5.10 Å². The average Bonchev–Trinajstić information content (AvgIpc) is 2.94. The minimum atomic E-state index is -0.245. The minimum Gasteiger partial charge on any atom is -0.366 e. The second-order valence-corrected chi connectivity index (χ2v) is 6.71. The number of halogens is 2. The largest absolute Gasteiger partial charge is 0.366 e. The first-order valence-corrected chi connectivity index (χ1v) is 8.39. The van der Waals surface area contributed by atoms with Crippen LogP contribution in [0.4, 0.5) is 16.3 Å². The molecule has 0 bridgehead atoms. The van der Waals surface area contributed by atoms with Crippen LogP contribution in [0.3, 0.4) is 0 Å². The Hall–Kier alpha value is -2.41. The molecule has 2 heterocycles. The van der Waals surface area contributed by atoms with Crippen molar-refractivity contribution < 1.29 is 4.39 Å². The van der Waals surface area contributed by atoms with Crippen molar-refractivity contribution >= 4 is 27.8 Å². The summed E-state index contributed by atoms with van der Waals surface area (Å²) >= 11 is 3.51. The van der Waals surface area contributed by atoms with Crippen LogP contribution >= 0.6 is 15.9 Å². The van der Waals surface area contributed by atoms with Crippen molar-refractivity contribution in [2.75, 3.05) is 11.1 Å². The van der Waals surface area contributed by atoms with Crippen LogP contribution in [-0.2, 0) is 0 Å². The highest BCUT2D eigenvalue weighted by molar-refractivity contribution is 9.10. The Kier molecular flexibility index (Phi) is 3.72. The van der Waals surface area contributed by atoms with E-state index >= 15 is 0 Å². The lowest BCUT2D eigenvalue weighted by Gasteiger charge is -2.31. The maximum absolute atomic E-state index is 13.2. The highest BCUT2D eigenvalue weighted by Crippen LogP contribution is 2.38. The quantitative estimate of drug-likeness (QED) is 0.699. The van der Waals surface area contributed by atoms with E-state index in [0.29, 0.717) is 5.95 Å². The Labute approximate surface area is 146 Å². The Morgan fingerprint density at radius 1 is 1.17 bits per heavy atom. The Morgan fingerprint density at radius 2 is 1.96 bits per heavy atom. The summed E-state index contributed by atoms with van der Waals surface area (Å²) in [7, 11) is 0. The molecule has 1 aromatic heterocycles. The summed E-state index contributed by atoms with van der Waals surface area (Å²) in [5.41, 5.74) is 7.91. The second-order valence-electron chi connectivity index (χ2n) is 5.79. The molecule has 0 saturated carbocycles. The van der Waals surface area contributed by atoms with Crippen LogP contribution in [0.25, 0.3) is 0 Å². The van der Waals surface area contributed by atoms with Gasteiger partial charge in [0, 0.05) is 4.47 Å². The lowest BCUT2D eigenvalue weighted by Crippen LogP contribution is -2.28. The van der Waals surface area contributed by atoms with Crippen molar-refractivity contribution in [1.82, 2.24) is 14.8 Å². The molecule has 0 aliphatic carbocycles. The van der Waals surface area contributed by atoms with Crippen LogP contribution in [0.15, 0.2) is 53.0 Å². The number of nitrogens with zero attached hydrogens (tertiary/aromatic N) is 3. The van der Waals surface area contributed by atoms with Crippen LogP contribution in [-0.4, -0.2) is 14.8 Å². The van der Waals surface area contributed by atoms with E-state index in [1.807, 2.05) is 16.8 Å². The molecule has 0 amide bonds. The molecule has 2 aromatic carbocycles. The maximum atomic E-state index is 13.2. The third kappa shape index (κ3) is 2.75. The van der Waals surface area contributed by atoms with E-state index in [4.69, 9.17) is 5.73 Å². The smallest absolute Gasteiger partial charge is 0.241 e. The molecule has 0 unspecified atom stereocenters. The molecule has 4 rings (SSSR count). The zero-order valence-corrected chi connectivity index (χ0v) is 14.2. The first-order chi connectivity index (χ1) is 11.6. The van der Waals surface area contributed by atoms with Crippen LogP contribution in [0.2, 0.25) is 0 Å². The van der Waals surface area contributed by atoms with Crippen LogP contribution in [0, 0.1) is 5.82 Å². The molecular formula is C17H15BrFN5. The zero-order chi connectivity index (χ0) is 16.7. The number of fused-ring (bicyclic) bond motifs is 1. The fraction of sp³-hybridized carbons (Fsp3) is 0.176. The summed E-state index contributed by atoms with van der Waals surface area (Å²) in [5.74, 6) is 0.612. The summed E-state index contributed by atoms with van der Waals surface area (Å²) in [4.78, 5) is 4.28. The van der Waals surface area contributed by atoms with Crippen molar-refractivity contribution in [3.63, 3.8) is 0 Å². The van der Waals surface area contributed by atoms with Gasteiger partial charge in [0.1, 0.15) is 5.82 Å². The number of rotatable bonds is 2. The van der Waals surface area contributed by atoms with Crippen LogP contribution in [0.5, 0.6) is 0 Å². The van der Waals surface area contributed by atoms with Gasteiger partial charge in [0.2, 0.25) is 11.9 Å². The molecule has 1 aliphatic rings. The highest BCUT2D eigenvalue weighted by atomic mass is 79.9. The fourth-order valence-electron chi connectivity index (χ4n) is 3.10. The van der Waals surface area contributed by atoms with Crippen molar-refractivity contribution in [3.8, 4) is 0 Å². The van der Waals surface area contributed by atoms with Gasteiger partial charge in [-0.3, -0.25) is 0 Å². The van der Waals surface area contributed by atoms with E-state index in [9.17, 15) is 4.39 Å². The number of anilines is 2. The Morgan fingerprint density at radius 3 is 2.71 bits per heavy atom. The third-order valence-corrected chi connectivity index (χ3v) is 4.70. The van der Waals surface area contributed by atoms with E-state index in [0.717, 1.165) is 22.0 Å². The first-order valence-electron chi connectivity index (χ1n) is 7.59. The zero-order valence-electron chi connectivity index (χ0n) is 12.7. The summed E-state index contributed by atoms with van der Waals surface area (Å²) in [6, 6.07) is 14.6. The van der Waals surface area contributed by atoms with Gasteiger partial charge in [-0.25, -0.2) is 9.07 Å². The van der Waals surface area contributed by atoms with E-state index in [1.165, 1.54) is 12.1 Å². The predicted octanol–water partition coefficient (Wildman–Crippen LogP) is 3.91. The van der Waals surface area contributed by atoms with E-state index in [-0.39, 0.29) is 23.8 Å². The molecule has 2 atom stereocenters. The van der Waals surface area contributed by atoms with Crippen LogP contribution in [0.1, 0.15) is 29.6 Å². The summed E-state index contributed by atoms with van der Waals surface area (Å²) in [6.45, 7) is 0. The van der Waals surface area contributed by atoms with Crippen LogP contribution < -0.4 is 11.1 Å². The molecular weight excluding hydrogens is 373 g/mol. The van der Waals surface area contributed by atoms with Crippen molar-refractivity contribution in [2.24, 2.45) is 0 Å². The number of hydrogen-bond acceptors (Lipinski definition) is 4. The second kappa shape index (κ2) is 5.90. The van der Waals surface area contributed by atoms with Crippen molar-refractivity contribution in [1.29, 1.82) is 0 Å². The average molecular weight is 388 g/mol. The molecule has 7 heteroatoms. The Balaban J connectivity index is 1.76. The number of aromatic nitrogens is 3. The SMILES string of the molecule is Nc1nc2n(n1)[C@H](c1cccc(Br)c1)C[C@@H](c1ccc(F)cc1)N2. The van der Waals surface area contributed by atoms with Gasteiger partial charge in [-0.2, -0.15) is 4.98 Å². The topological polar surface area (TPSA) is 68.8 Å². The summed E-state index contributed by atoms with van der Waals surface area (Å²) < 4.78 is 16.0. The predicted molar refractivity (Wildman–Crippen MR) is 94.1 cm³/mol. The normalized spacial score (nSPS) is 19.6. The number of benzene rings is 2. The molecule has 0 radical (unpaired) electrons. The highest BCUT2D eigenvalue weighted by Gasteiger charge is 2.30. The van der Waals surface area contributed by atoms with E-state index in [1.54, 1.807) is 12.1 Å². The standard InChI is InChI=1S/C17H15BrFN5/c18-12-3-1-2-11(8-12)15-9-14(10-4-6-13(19)7-5-10)21-17-22-16(20)23-24(15)17/h1-8,14-15H,9H2,(H3,20,21,22,23)/t14-,15-/m0/s1. The van der Waals surface area contributed by atoms with E-state index < -0.39 is 0 Å². The maximum Gasteiger partial charge on any atom is 0.241 e. The summed E-state index contributed by atoms with van der Waals surface area (Å²) in [5, 5.41) is 7.67. The van der Waals surface area contributed by atoms with Gasteiger partial charge in [-0.1, -0.05) is 40.2 Å². The number of nitrogens with one attached hydrogen (secondary N) is 1. The lowest BCUT2D eigenvalue weighted by molar-refractivity contribution is 0.431. The van der Waals surface area contributed by atoms with Gasteiger partial charge in [0.05, 0.1) is 12.1 Å². The molecule has 122 valence electrons. The Bertz CT molecular complexity index is 877. The van der Waals surface area contributed by atoms with Gasteiger partial charge >= 0.3 is 0 Å².